The zero-order valence-electron chi connectivity index (χ0n) is 16.6. The van der Waals surface area contributed by atoms with Gasteiger partial charge in [-0.3, -0.25) is 0 Å². The van der Waals surface area contributed by atoms with E-state index in [1.807, 2.05) is 18.2 Å². The number of nitrogens with one attached hydrogen (secondary N) is 1. The van der Waals surface area contributed by atoms with Crippen LogP contribution in [0.25, 0.3) is 0 Å². The number of guanidine groups is 1. The van der Waals surface area contributed by atoms with Crippen LogP contribution in [0.3, 0.4) is 0 Å². The first-order chi connectivity index (χ1) is 13.3. The molecule has 1 aromatic carbocycles. The van der Waals surface area contributed by atoms with Crippen LogP contribution in [0.2, 0.25) is 0 Å². The lowest BCUT2D eigenvalue weighted by Crippen LogP contribution is -2.53. The Labute approximate surface area is 185 Å². The molecule has 2 atom stereocenters. The molecule has 3 rings (SSSR count). The molecule has 0 aliphatic carbocycles. The third-order valence-corrected chi connectivity index (χ3v) is 4.84. The van der Waals surface area contributed by atoms with Gasteiger partial charge in [0.25, 0.3) is 0 Å². The Hall–Kier alpha value is -1.32. The zero-order chi connectivity index (χ0) is 18.9. The topological polar surface area (TPSA) is 55.3 Å². The van der Waals surface area contributed by atoms with E-state index in [0.717, 1.165) is 56.4 Å². The summed E-state index contributed by atoms with van der Waals surface area (Å²) in [6, 6.07) is 8.02. The molecule has 2 saturated heterocycles. The van der Waals surface area contributed by atoms with Gasteiger partial charge in [-0.2, -0.15) is 0 Å². The fraction of sp³-hybridized carbons (Fsp3) is 0.571. The largest absolute Gasteiger partial charge is 0.489 e. The van der Waals surface area contributed by atoms with Crippen molar-refractivity contribution in [1.82, 2.24) is 10.2 Å². The maximum absolute atomic E-state index is 5.97. The summed E-state index contributed by atoms with van der Waals surface area (Å²) in [5.74, 6) is 1.78. The second-order valence-electron chi connectivity index (χ2n) is 6.78. The van der Waals surface area contributed by atoms with E-state index in [2.05, 4.69) is 29.8 Å². The summed E-state index contributed by atoms with van der Waals surface area (Å²) in [4.78, 5) is 7.15. The predicted octanol–water partition coefficient (Wildman–Crippen LogP) is 3.21. The Morgan fingerprint density at radius 2 is 2.14 bits per heavy atom. The fourth-order valence-electron chi connectivity index (χ4n) is 3.50. The Kier molecular flexibility index (Phi) is 10.1. The Morgan fingerprint density at radius 1 is 1.32 bits per heavy atom. The third kappa shape index (κ3) is 6.35. The van der Waals surface area contributed by atoms with Gasteiger partial charge >= 0.3 is 0 Å². The monoisotopic (exact) mass is 501 g/mol. The summed E-state index contributed by atoms with van der Waals surface area (Å²) in [7, 11) is 0. The first kappa shape index (κ1) is 23.0. The van der Waals surface area contributed by atoms with Crippen LogP contribution in [0.15, 0.2) is 41.9 Å². The minimum atomic E-state index is 0. The van der Waals surface area contributed by atoms with Crippen LogP contribution in [0.1, 0.15) is 25.3 Å². The SMILES string of the molecule is C=CCOc1ccccc1CN=C(NCC)N1CCOC(C2CCCO2)C1.I. The maximum Gasteiger partial charge on any atom is 0.194 e. The van der Waals surface area contributed by atoms with E-state index < -0.39 is 0 Å². The third-order valence-electron chi connectivity index (χ3n) is 4.84. The zero-order valence-corrected chi connectivity index (χ0v) is 19.0. The van der Waals surface area contributed by atoms with Crippen LogP contribution in [0.5, 0.6) is 5.75 Å². The number of morpholine rings is 1. The molecule has 0 aromatic heterocycles. The van der Waals surface area contributed by atoms with Crippen molar-refractivity contribution in [2.24, 2.45) is 4.99 Å². The molecule has 28 heavy (non-hydrogen) atoms. The van der Waals surface area contributed by atoms with Crippen LogP contribution in [0.4, 0.5) is 0 Å². The van der Waals surface area contributed by atoms with Gasteiger partial charge in [0.1, 0.15) is 18.5 Å². The number of aliphatic imine (C=N–C) groups is 1. The molecule has 2 unspecified atom stereocenters. The van der Waals surface area contributed by atoms with Gasteiger partial charge in [0, 0.05) is 31.8 Å². The van der Waals surface area contributed by atoms with Gasteiger partial charge in [-0.1, -0.05) is 30.9 Å². The normalized spacial score (nSPS) is 22.5. The quantitative estimate of drug-likeness (QED) is 0.269. The average Bonchev–Trinajstić information content (AvgIpc) is 3.25. The first-order valence-corrected chi connectivity index (χ1v) is 9.90. The van der Waals surface area contributed by atoms with Gasteiger partial charge < -0.3 is 24.4 Å². The molecule has 1 N–H and O–H groups in total. The standard InChI is InChI=1S/C21H31N3O3.HI/c1-3-12-25-18-9-6-5-8-17(18)15-23-21(22-4-2)24-11-14-27-20(16-24)19-10-7-13-26-19;/h3,5-6,8-9,19-20H,1,4,7,10-16H2,2H3,(H,22,23);1H. The second-order valence-corrected chi connectivity index (χ2v) is 6.78. The molecule has 156 valence electrons. The molecule has 2 fully saturated rings. The molecule has 2 aliphatic rings. The van der Waals surface area contributed by atoms with Crippen LogP contribution < -0.4 is 10.1 Å². The molecular formula is C21H32IN3O3. The lowest BCUT2D eigenvalue weighted by molar-refractivity contribution is -0.0817. The first-order valence-electron chi connectivity index (χ1n) is 9.90. The number of para-hydroxylation sites is 1. The van der Waals surface area contributed by atoms with Crippen molar-refractivity contribution >= 4 is 29.9 Å². The van der Waals surface area contributed by atoms with Crippen LogP contribution in [0, 0.1) is 0 Å². The van der Waals surface area contributed by atoms with Crippen LogP contribution >= 0.6 is 24.0 Å². The van der Waals surface area contributed by atoms with Gasteiger partial charge in [-0.05, 0) is 25.8 Å². The van der Waals surface area contributed by atoms with E-state index in [9.17, 15) is 0 Å². The minimum Gasteiger partial charge on any atom is -0.489 e. The smallest absolute Gasteiger partial charge is 0.194 e. The van der Waals surface area contributed by atoms with Gasteiger partial charge in [-0.25, -0.2) is 4.99 Å². The molecule has 0 saturated carbocycles. The second kappa shape index (κ2) is 12.3. The Bertz CT molecular complexity index is 635. The summed E-state index contributed by atoms with van der Waals surface area (Å²) in [6.45, 7) is 10.9. The van der Waals surface area contributed by atoms with E-state index in [0.29, 0.717) is 19.8 Å². The maximum atomic E-state index is 5.97. The molecule has 2 heterocycles. The van der Waals surface area contributed by atoms with E-state index >= 15 is 0 Å². The van der Waals surface area contributed by atoms with Crippen molar-refractivity contribution in [2.75, 3.05) is 39.5 Å². The molecule has 1 aromatic rings. The van der Waals surface area contributed by atoms with Gasteiger partial charge in [-0.15, -0.1) is 24.0 Å². The van der Waals surface area contributed by atoms with Crippen molar-refractivity contribution in [2.45, 2.75) is 38.5 Å². The molecule has 0 spiro atoms. The van der Waals surface area contributed by atoms with Crippen LogP contribution in [-0.2, 0) is 16.0 Å². The summed E-state index contributed by atoms with van der Waals surface area (Å²) in [6.07, 6.45) is 4.29. The van der Waals surface area contributed by atoms with Crippen molar-refractivity contribution in [3.63, 3.8) is 0 Å². The highest BCUT2D eigenvalue weighted by molar-refractivity contribution is 14.0. The molecule has 0 amide bonds. The summed E-state index contributed by atoms with van der Waals surface area (Å²) in [5.41, 5.74) is 1.07. The predicted molar refractivity (Wildman–Crippen MR) is 123 cm³/mol. The molecule has 7 heteroatoms. The van der Waals surface area contributed by atoms with E-state index in [-0.39, 0.29) is 36.2 Å². The number of hydrogen-bond donors (Lipinski definition) is 1. The van der Waals surface area contributed by atoms with E-state index in [1.165, 1.54) is 0 Å². The van der Waals surface area contributed by atoms with E-state index in [4.69, 9.17) is 19.2 Å². The number of rotatable bonds is 7. The highest BCUT2D eigenvalue weighted by atomic mass is 127. The number of ether oxygens (including phenoxy) is 3. The van der Waals surface area contributed by atoms with Gasteiger partial charge in [0.05, 0.1) is 19.3 Å². The Balaban J connectivity index is 0.00000280. The van der Waals surface area contributed by atoms with Crippen molar-refractivity contribution in [3.8, 4) is 5.75 Å². The summed E-state index contributed by atoms with van der Waals surface area (Å²) < 4.78 is 17.5. The van der Waals surface area contributed by atoms with Crippen molar-refractivity contribution < 1.29 is 14.2 Å². The summed E-state index contributed by atoms with van der Waals surface area (Å²) in [5, 5.41) is 3.42. The van der Waals surface area contributed by atoms with Crippen LogP contribution in [-0.4, -0.2) is 62.5 Å². The average molecular weight is 501 g/mol. The fourth-order valence-corrected chi connectivity index (χ4v) is 3.50. The molecular weight excluding hydrogens is 469 g/mol. The van der Waals surface area contributed by atoms with E-state index in [1.54, 1.807) is 6.08 Å². The Morgan fingerprint density at radius 3 is 2.89 bits per heavy atom. The minimum absolute atomic E-state index is 0. The lowest BCUT2D eigenvalue weighted by atomic mass is 10.1. The molecule has 2 aliphatic heterocycles. The van der Waals surface area contributed by atoms with Crippen molar-refractivity contribution in [3.05, 3.63) is 42.5 Å². The molecule has 0 radical (unpaired) electrons. The highest BCUT2D eigenvalue weighted by Gasteiger charge is 2.32. The summed E-state index contributed by atoms with van der Waals surface area (Å²) >= 11 is 0. The molecule has 6 nitrogen and oxygen atoms in total. The van der Waals surface area contributed by atoms with Gasteiger partial charge in [0.15, 0.2) is 5.96 Å². The number of halogens is 1. The number of hydrogen-bond acceptors (Lipinski definition) is 4. The molecule has 0 bridgehead atoms. The lowest BCUT2D eigenvalue weighted by Gasteiger charge is -2.37. The highest BCUT2D eigenvalue weighted by Crippen LogP contribution is 2.22. The van der Waals surface area contributed by atoms with Gasteiger partial charge in [0.2, 0.25) is 0 Å². The van der Waals surface area contributed by atoms with Crippen molar-refractivity contribution in [1.29, 1.82) is 0 Å². The number of nitrogens with zero attached hydrogens (tertiary/aromatic N) is 2. The number of benzene rings is 1.